The highest BCUT2D eigenvalue weighted by atomic mass is 79.9. The van der Waals surface area contributed by atoms with Crippen LogP contribution in [0.3, 0.4) is 0 Å². The Balaban J connectivity index is 2.30. The van der Waals surface area contributed by atoms with Crippen LogP contribution >= 0.6 is 15.9 Å². The molecule has 1 aromatic rings. The molecule has 0 N–H and O–H groups in total. The molecular formula is C8H11BrN2O2S. The van der Waals surface area contributed by atoms with E-state index in [-0.39, 0.29) is 11.7 Å². The molecule has 0 amide bonds. The number of hydrogen-bond acceptors (Lipinski definition) is 3. The van der Waals surface area contributed by atoms with E-state index in [1.54, 1.807) is 6.20 Å². The minimum Gasteiger partial charge on any atom is -0.326 e. The Kier molecular flexibility index (Phi) is 2.43. The maximum absolute atomic E-state index is 11.3. The second-order valence-electron chi connectivity index (χ2n) is 3.61. The van der Waals surface area contributed by atoms with Crippen LogP contribution in [-0.4, -0.2) is 29.5 Å². The van der Waals surface area contributed by atoms with E-state index in [2.05, 4.69) is 20.9 Å². The van der Waals surface area contributed by atoms with Gasteiger partial charge in [-0.2, -0.15) is 0 Å². The SMILES string of the molecule is Cn1c(C2CCS(=O)(=O)C2)cnc1Br. The molecule has 1 aliphatic rings. The van der Waals surface area contributed by atoms with Crippen molar-refractivity contribution >= 4 is 25.8 Å². The molecule has 6 heteroatoms. The van der Waals surface area contributed by atoms with Crippen molar-refractivity contribution in [3.05, 3.63) is 16.6 Å². The van der Waals surface area contributed by atoms with Crippen LogP contribution in [0.5, 0.6) is 0 Å². The molecule has 0 spiro atoms. The maximum atomic E-state index is 11.3. The molecule has 14 heavy (non-hydrogen) atoms. The van der Waals surface area contributed by atoms with E-state index in [1.807, 2.05) is 11.6 Å². The molecule has 1 atom stereocenters. The van der Waals surface area contributed by atoms with Crippen LogP contribution in [0.25, 0.3) is 0 Å². The van der Waals surface area contributed by atoms with Crippen molar-refractivity contribution in [3.8, 4) is 0 Å². The molecule has 1 unspecified atom stereocenters. The van der Waals surface area contributed by atoms with Gasteiger partial charge in [0.05, 0.1) is 11.5 Å². The molecule has 0 bridgehead atoms. The summed E-state index contributed by atoms with van der Waals surface area (Å²) in [6.07, 6.45) is 2.46. The van der Waals surface area contributed by atoms with Gasteiger partial charge in [0.25, 0.3) is 0 Å². The first-order valence-electron chi connectivity index (χ1n) is 4.37. The molecule has 1 fully saturated rings. The van der Waals surface area contributed by atoms with Crippen LogP contribution in [-0.2, 0) is 16.9 Å². The molecule has 0 aromatic carbocycles. The maximum Gasteiger partial charge on any atom is 0.177 e. The van der Waals surface area contributed by atoms with Crippen LogP contribution < -0.4 is 0 Å². The Bertz CT molecular complexity index is 452. The predicted octanol–water partition coefficient (Wildman–Crippen LogP) is 1.08. The molecule has 0 saturated carbocycles. The van der Waals surface area contributed by atoms with E-state index < -0.39 is 9.84 Å². The van der Waals surface area contributed by atoms with Gasteiger partial charge >= 0.3 is 0 Å². The summed E-state index contributed by atoms with van der Waals surface area (Å²) in [5.41, 5.74) is 0.998. The Morgan fingerprint density at radius 1 is 1.64 bits per heavy atom. The Hall–Kier alpha value is -0.360. The molecule has 78 valence electrons. The summed E-state index contributed by atoms with van der Waals surface area (Å²) >= 11 is 3.29. The van der Waals surface area contributed by atoms with Gasteiger partial charge in [0.2, 0.25) is 0 Å². The number of sulfone groups is 1. The lowest BCUT2D eigenvalue weighted by Crippen LogP contribution is -2.07. The second-order valence-corrected chi connectivity index (χ2v) is 6.55. The summed E-state index contributed by atoms with van der Waals surface area (Å²) in [7, 11) is -0.921. The van der Waals surface area contributed by atoms with Gasteiger partial charge in [-0.15, -0.1) is 0 Å². The van der Waals surface area contributed by atoms with Crippen LogP contribution in [0, 0.1) is 0 Å². The highest BCUT2D eigenvalue weighted by molar-refractivity contribution is 9.10. The number of aromatic nitrogens is 2. The summed E-state index contributed by atoms with van der Waals surface area (Å²) in [6.45, 7) is 0. The van der Waals surface area contributed by atoms with Crippen molar-refractivity contribution in [2.24, 2.45) is 7.05 Å². The molecule has 2 rings (SSSR count). The number of imidazole rings is 1. The Morgan fingerprint density at radius 3 is 2.79 bits per heavy atom. The smallest absolute Gasteiger partial charge is 0.177 e. The zero-order valence-corrected chi connectivity index (χ0v) is 10.2. The molecule has 4 nitrogen and oxygen atoms in total. The van der Waals surface area contributed by atoms with Gasteiger partial charge in [0.1, 0.15) is 0 Å². The van der Waals surface area contributed by atoms with Gasteiger partial charge in [0.15, 0.2) is 14.6 Å². The average molecular weight is 279 g/mol. The molecule has 1 aliphatic heterocycles. The van der Waals surface area contributed by atoms with Crippen LogP contribution in [0.15, 0.2) is 10.9 Å². The summed E-state index contributed by atoms with van der Waals surface area (Å²) in [5, 5.41) is 0. The first-order valence-corrected chi connectivity index (χ1v) is 6.98. The number of nitrogens with zero attached hydrogens (tertiary/aromatic N) is 2. The Labute approximate surface area is 91.4 Å². The lowest BCUT2D eigenvalue weighted by molar-refractivity contribution is 0.601. The van der Waals surface area contributed by atoms with Crippen molar-refractivity contribution in [2.45, 2.75) is 12.3 Å². The zero-order valence-electron chi connectivity index (χ0n) is 7.77. The topological polar surface area (TPSA) is 52.0 Å². The second kappa shape index (κ2) is 3.34. The summed E-state index contributed by atoms with van der Waals surface area (Å²) in [5.74, 6) is 0.684. The van der Waals surface area contributed by atoms with E-state index in [1.165, 1.54) is 0 Å². The van der Waals surface area contributed by atoms with Crippen molar-refractivity contribution in [3.63, 3.8) is 0 Å². The predicted molar refractivity (Wildman–Crippen MR) is 56.9 cm³/mol. The standard InChI is InChI=1S/C8H11BrN2O2S/c1-11-7(4-10-8(11)9)6-2-3-14(12,13)5-6/h4,6H,2-3,5H2,1H3. The molecule has 2 heterocycles. The van der Waals surface area contributed by atoms with Gasteiger partial charge in [-0.25, -0.2) is 13.4 Å². The summed E-state index contributed by atoms with van der Waals surface area (Å²) < 4.78 is 25.2. The fraction of sp³-hybridized carbons (Fsp3) is 0.625. The lowest BCUT2D eigenvalue weighted by atomic mass is 10.1. The fourth-order valence-electron chi connectivity index (χ4n) is 1.81. The van der Waals surface area contributed by atoms with Crippen molar-refractivity contribution in [1.29, 1.82) is 0 Å². The molecule has 0 radical (unpaired) electrons. The number of rotatable bonds is 1. The van der Waals surface area contributed by atoms with Gasteiger partial charge < -0.3 is 4.57 Å². The van der Waals surface area contributed by atoms with Gasteiger partial charge in [-0.3, -0.25) is 0 Å². The number of halogens is 1. The van der Waals surface area contributed by atoms with E-state index in [9.17, 15) is 8.42 Å². The van der Waals surface area contributed by atoms with E-state index in [0.717, 1.165) is 10.4 Å². The van der Waals surface area contributed by atoms with Crippen LogP contribution in [0.1, 0.15) is 18.0 Å². The van der Waals surface area contributed by atoms with Gasteiger partial charge in [-0.05, 0) is 22.4 Å². The molecule has 0 aliphatic carbocycles. The minimum absolute atomic E-state index is 0.115. The third-order valence-electron chi connectivity index (χ3n) is 2.62. The van der Waals surface area contributed by atoms with Crippen molar-refractivity contribution in [2.75, 3.05) is 11.5 Å². The number of hydrogen-bond donors (Lipinski definition) is 0. The highest BCUT2D eigenvalue weighted by Crippen LogP contribution is 2.29. The molecular weight excluding hydrogens is 268 g/mol. The van der Waals surface area contributed by atoms with Gasteiger partial charge in [-0.1, -0.05) is 0 Å². The lowest BCUT2D eigenvalue weighted by Gasteiger charge is -2.08. The van der Waals surface area contributed by atoms with Crippen LogP contribution in [0.2, 0.25) is 0 Å². The first-order chi connectivity index (χ1) is 6.49. The van der Waals surface area contributed by atoms with Crippen LogP contribution in [0.4, 0.5) is 0 Å². The van der Waals surface area contributed by atoms with Crippen molar-refractivity contribution in [1.82, 2.24) is 9.55 Å². The normalized spacial score (nSPS) is 25.4. The third-order valence-corrected chi connectivity index (χ3v) is 5.12. The largest absolute Gasteiger partial charge is 0.326 e. The van der Waals surface area contributed by atoms with E-state index in [0.29, 0.717) is 12.2 Å². The fourth-order valence-corrected chi connectivity index (χ4v) is 3.87. The Morgan fingerprint density at radius 2 is 2.36 bits per heavy atom. The monoisotopic (exact) mass is 278 g/mol. The third kappa shape index (κ3) is 1.72. The highest BCUT2D eigenvalue weighted by Gasteiger charge is 2.30. The van der Waals surface area contributed by atoms with E-state index in [4.69, 9.17) is 0 Å². The zero-order chi connectivity index (χ0) is 10.3. The minimum atomic E-state index is -2.81. The van der Waals surface area contributed by atoms with Gasteiger partial charge in [0, 0.05) is 24.9 Å². The molecule has 1 aromatic heterocycles. The van der Waals surface area contributed by atoms with E-state index >= 15 is 0 Å². The summed E-state index contributed by atoms with van der Waals surface area (Å²) in [6, 6.07) is 0. The summed E-state index contributed by atoms with van der Waals surface area (Å²) in [4.78, 5) is 4.09. The molecule has 1 saturated heterocycles. The van der Waals surface area contributed by atoms with Crippen molar-refractivity contribution < 1.29 is 8.42 Å². The average Bonchev–Trinajstić information content (AvgIpc) is 2.59. The first kappa shape index (κ1) is 10.2. The quantitative estimate of drug-likeness (QED) is 0.773.